The van der Waals surface area contributed by atoms with E-state index in [9.17, 15) is 13.2 Å². The molecule has 0 saturated heterocycles. The monoisotopic (exact) mass is 297 g/mol. The molecule has 0 aliphatic carbocycles. The van der Waals surface area contributed by atoms with Gasteiger partial charge in [-0.05, 0) is 24.0 Å². The molecule has 0 unspecified atom stereocenters. The molecule has 1 heterocycles. The summed E-state index contributed by atoms with van der Waals surface area (Å²) >= 11 is 0. The first-order valence-electron chi connectivity index (χ1n) is 6.64. The van der Waals surface area contributed by atoms with Gasteiger partial charge in [-0.3, -0.25) is 4.79 Å². The Kier molecular flexibility index (Phi) is 4.77. The van der Waals surface area contributed by atoms with Gasteiger partial charge in [-0.15, -0.1) is 0 Å². The molecular weight excluding hydrogens is 278 g/mol. The van der Waals surface area contributed by atoms with Gasteiger partial charge in [-0.2, -0.15) is 4.31 Å². The first kappa shape index (κ1) is 15.0. The molecule has 1 aromatic carbocycles. The van der Waals surface area contributed by atoms with E-state index >= 15 is 0 Å². The Bertz CT molecular complexity index is 583. The lowest BCUT2D eigenvalue weighted by molar-refractivity contribution is -0.140. The standard InChI is InChI=1S/C14H19NO4S/c1-19-14(16)7-4-10-20(17,18)15-9-8-12-5-2-3-6-13(12)11-15/h2-3,5-6H,4,7-11H2,1H3. The lowest BCUT2D eigenvalue weighted by Gasteiger charge is -2.28. The molecule has 0 saturated carbocycles. The molecule has 0 radical (unpaired) electrons. The topological polar surface area (TPSA) is 63.7 Å². The Balaban J connectivity index is 1.96. The number of esters is 1. The van der Waals surface area contributed by atoms with Crippen LogP contribution in [0.25, 0.3) is 0 Å². The lowest BCUT2D eigenvalue weighted by atomic mass is 10.0. The highest BCUT2D eigenvalue weighted by Gasteiger charge is 2.26. The fraction of sp³-hybridized carbons (Fsp3) is 0.500. The van der Waals surface area contributed by atoms with Gasteiger partial charge in [0.15, 0.2) is 0 Å². The van der Waals surface area contributed by atoms with Crippen molar-refractivity contribution in [3.63, 3.8) is 0 Å². The van der Waals surface area contributed by atoms with Gasteiger partial charge in [0.2, 0.25) is 10.0 Å². The predicted octanol–water partition coefficient (Wildman–Crippen LogP) is 1.33. The van der Waals surface area contributed by atoms with E-state index in [0.717, 1.165) is 12.0 Å². The van der Waals surface area contributed by atoms with Gasteiger partial charge in [0.25, 0.3) is 0 Å². The number of methoxy groups -OCH3 is 1. The third kappa shape index (κ3) is 3.58. The normalized spacial score (nSPS) is 15.7. The van der Waals surface area contributed by atoms with Crippen LogP contribution < -0.4 is 0 Å². The first-order chi connectivity index (χ1) is 9.53. The van der Waals surface area contributed by atoms with E-state index in [1.165, 1.54) is 17.0 Å². The summed E-state index contributed by atoms with van der Waals surface area (Å²) in [4.78, 5) is 11.0. The van der Waals surface area contributed by atoms with Crippen molar-refractivity contribution in [3.8, 4) is 0 Å². The van der Waals surface area contributed by atoms with E-state index in [4.69, 9.17) is 0 Å². The molecule has 6 heteroatoms. The number of nitrogens with zero attached hydrogens (tertiary/aromatic N) is 1. The molecule has 5 nitrogen and oxygen atoms in total. The highest BCUT2D eigenvalue weighted by molar-refractivity contribution is 7.89. The molecule has 0 aromatic heterocycles. The van der Waals surface area contributed by atoms with Gasteiger partial charge in [0, 0.05) is 19.5 Å². The Labute approximate surface area is 119 Å². The zero-order valence-corrected chi connectivity index (χ0v) is 12.4. The van der Waals surface area contributed by atoms with Crippen molar-refractivity contribution in [1.82, 2.24) is 4.31 Å². The highest BCUT2D eigenvalue weighted by atomic mass is 32.2. The average molecular weight is 297 g/mol. The average Bonchev–Trinajstić information content (AvgIpc) is 2.46. The van der Waals surface area contributed by atoms with Crippen LogP contribution in [0.2, 0.25) is 0 Å². The van der Waals surface area contributed by atoms with Gasteiger partial charge in [0.1, 0.15) is 0 Å². The van der Waals surface area contributed by atoms with Gasteiger partial charge in [-0.25, -0.2) is 8.42 Å². The van der Waals surface area contributed by atoms with Crippen molar-refractivity contribution in [2.24, 2.45) is 0 Å². The zero-order chi connectivity index (χ0) is 14.6. The fourth-order valence-corrected chi connectivity index (χ4v) is 3.81. The fourth-order valence-electron chi connectivity index (χ4n) is 2.34. The second kappa shape index (κ2) is 6.37. The number of ether oxygens (including phenoxy) is 1. The van der Waals surface area contributed by atoms with Crippen molar-refractivity contribution in [1.29, 1.82) is 0 Å². The summed E-state index contributed by atoms with van der Waals surface area (Å²) in [5.74, 6) is -0.381. The molecule has 2 rings (SSSR count). The molecule has 110 valence electrons. The number of carbonyl (C=O) groups is 1. The molecule has 0 amide bonds. The summed E-state index contributed by atoms with van der Waals surface area (Å²) < 4.78 is 30.5. The molecule has 0 fully saturated rings. The largest absolute Gasteiger partial charge is 0.469 e. The summed E-state index contributed by atoms with van der Waals surface area (Å²) in [6, 6.07) is 7.90. The minimum Gasteiger partial charge on any atom is -0.469 e. The van der Waals surface area contributed by atoms with E-state index < -0.39 is 10.0 Å². The minimum atomic E-state index is -3.30. The van der Waals surface area contributed by atoms with E-state index in [0.29, 0.717) is 19.5 Å². The summed E-state index contributed by atoms with van der Waals surface area (Å²) in [6.45, 7) is 0.939. The summed E-state index contributed by atoms with van der Waals surface area (Å²) in [5.41, 5.74) is 2.28. The highest BCUT2D eigenvalue weighted by Crippen LogP contribution is 2.21. The van der Waals surface area contributed by atoms with Crippen LogP contribution in [-0.4, -0.2) is 38.1 Å². The van der Waals surface area contributed by atoms with Crippen molar-refractivity contribution >= 4 is 16.0 Å². The molecule has 0 bridgehead atoms. The molecule has 1 aliphatic heterocycles. The molecule has 0 atom stereocenters. The van der Waals surface area contributed by atoms with Crippen LogP contribution in [-0.2, 0) is 32.5 Å². The van der Waals surface area contributed by atoms with Gasteiger partial charge in [0.05, 0.1) is 12.9 Å². The predicted molar refractivity (Wildman–Crippen MR) is 75.6 cm³/mol. The Morgan fingerprint density at radius 3 is 2.70 bits per heavy atom. The van der Waals surface area contributed by atoms with Gasteiger partial charge in [-0.1, -0.05) is 24.3 Å². The minimum absolute atomic E-state index is 0.00966. The number of rotatable bonds is 5. The molecule has 0 N–H and O–H groups in total. The number of carbonyl (C=O) groups excluding carboxylic acids is 1. The Morgan fingerprint density at radius 2 is 2.00 bits per heavy atom. The van der Waals surface area contributed by atoms with Gasteiger partial charge >= 0.3 is 5.97 Å². The summed E-state index contributed by atoms with van der Waals surface area (Å²) in [7, 11) is -2.00. The van der Waals surface area contributed by atoms with Crippen molar-refractivity contribution in [2.75, 3.05) is 19.4 Å². The van der Waals surface area contributed by atoms with Crippen LogP contribution >= 0.6 is 0 Å². The van der Waals surface area contributed by atoms with Crippen LogP contribution in [0.1, 0.15) is 24.0 Å². The van der Waals surface area contributed by atoms with E-state index in [1.807, 2.05) is 24.3 Å². The van der Waals surface area contributed by atoms with Crippen molar-refractivity contribution in [2.45, 2.75) is 25.8 Å². The van der Waals surface area contributed by atoms with Crippen LogP contribution in [0.4, 0.5) is 0 Å². The SMILES string of the molecule is COC(=O)CCCS(=O)(=O)N1CCc2ccccc2C1. The molecule has 1 aromatic rings. The van der Waals surface area contributed by atoms with E-state index in [-0.39, 0.29) is 18.1 Å². The van der Waals surface area contributed by atoms with Crippen molar-refractivity contribution in [3.05, 3.63) is 35.4 Å². The smallest absolute Gasteiger partial charge is 0.305 e. The third-order valence-electron chi connectivity index (χ3n) is 3.50. The van der Waals surface area contributed by atoms with Crippen LogP contribution in [0, 0.1) is 0 Å². The van der Waals surface area contributed by atoms with Crippen molar-refractivity contribution < 1.29 is 17.9 Å². The number of hydrogen-bond acceptors (Lipinski definition) is 4. The molecule has 0 spiro atoms. The molecular formula is C14H19NO4S. The summed E-state index contributed by atoms with van der Waals surface area (Å²) in [5, 5.41) is 0. The maximum Gasteiger partial charge on any atom is 0.305 e. The third-order valence-corrected chi connectivity index (χ3v) is 5.40. The Morgan fingerprint density at radius 1 is 1.30 bits per heavy atom. The maximum absolute atomic E-state index is 12.2. The summed E-state index contributed by atoms with van der Waals surface area (Å²) in [6.07, 6.45) is 1.18. The van der Waals surface area contributed by atoms with Crippen LogP contribution in [0.3, 0.4) is 0 Å². The number of sulfonamides is 1. The molecule has 20 heavy (non-hydrogen) atoms. The second-order valence-corrected chi connectivity index (χ2v) is 6.94. The van der Waals surface area contributed by atoms with E-state index in [1.54, 1.807) is 0 Å². The molecule has 1 aliphatic rings. The lowest BCUT2D eigenvalue weighted by Crippen LogP contribution is -2.37. The maximum atomic E-state index is 12.2. The number of benzene rings is 1. The van der Waals surface area contributed by atoms with Crippen LogP contribution in [0.5, 0.6) is 0 Å². The number of hydrogen-bond donors (Lipinski definition) is 0. The van der Waals surface area contributed by atoms with Gasteiger partial charge < -0.3 is 4.74 Å². The first-order valence-corrected chi connectivity index (χ1v) is 8.25. The quantitative estimate of drug-likeness (QED) is 0.769. The number of fused-ring (bicyclic) bond motifs is 1. The van der Waals surface area contributed by atoms with Crippen LogP contribution in [0.15, 0.2) is 24.3 Å². The second-order valence-electron chi connectivity index (χ2n) is 4.85. The van der Waals surface area contributed by atoms with E-state index in [2.05, 4.69) is 4.74 Å². The zero-order valence-electron chi connectivity index (χ0n) is 11.5. The Hall–Kier alpha value is -1.40.